The van der Waals surface area contributed by atoms with Gasteiger partial charge in [-0.2, -0.15) is 0 Å². The summed E-state index contributed by atoms with van der Waals surface area (Å²) in [6.07, 6.45) is 6.17. The van der Waals surface area contributed by atoms with Gasteiger partial charge >= 0.3 is 0 Å². The molecule has 0 nitrogen and oxygen atoms in total. The van der Waals surface area contributed by atoms with Crippen LogP contribution in [0.5, 0.6) is 0 Å². The first-order valence-corrected chi connectivity index (χ1v) is 6.38. The van der Waals surface area contributed by atoms with Gasteiger partial charge in [0.25, 0.3) is 0 Å². The van der Waals surface area contributed by atoms with Crippen LogP contribution in [0.2, 0.25) is 0 Å². The lowest BCUT2D eigenvalue weighted by atomic mass is 9.95. The summed E-state index contributed by atoms with van der Waals surface area (Å²) in [4.78, 5) is 0. The number of rotatable bonds is 1. The zero-order valence-electron chi connectivity index (χ0n) is 11.7. The molecule has 0 aliphatic rings. The Labute approximate surface area is 109 Å². The summed E-state index contributed by atoms with van der Waals surface area (Å²) < 4.78 is 0. The standard InChI is InChI=1S/C18H20/c1-6-8-16-14(5)18-11-12(3)9-10-17(18)13(4)15(16)7-2/h6-11H,1H2,2-5H3/b15-7-,16-8-. The fourth-order valence-corrected chi connectivity index (χ4v) is 2.69. The molecule has 2 rings (SSSR count). The van der Waals surface area contributed by atoms with Gasteiger partial charge in [0.15, 0.2) is 0 Å². The predicted molar refractivity (Wildman–Crippen MR) is 82.2 cm³/mol. The van der Waals surface area contributed by atoms with Crippen LogP contribution in [0, 0.1) is 20.8 Å². The number of fused-ring (bicyclic) bond motifs is 1. The molecule has 0 aliphatic heterocycles. The molecule has 2 aromatic carbocycles. The van der Waals surface area contributed by atoms with E-state index in [1.165, 1.54) is 37.9 Å². The van der Waals surface area contributed by atoms with E-state index in [9.17, 15) is 0 Å². The van der Waals surface area contributed by atoms with Crippen molar-refractivity contribution in [3.63, 3.8) is 0 Å². The third-order valence-electron chi connectivity index (χ3n) is 3.65. The van der Waals surface area contributed by atoms with E-state index in [-0.39, 0.29) is 0 Å². The van der Waals surface area contributed by atoms with Gasteiger partial charge in [0.05, 0.1) is 0 Å². The summed E-state index contributed by atoms with van der Waals surface area (Å²) in [7, 11) is 0. The lowest BCUT2D eigenvalue weighted by Gasteiger charge is -2.10. The van der Waals surface area contributed by atoms with Gasteiger partial charge in [-0.3, -0.25) is 0 Å². The maximum atomic E-state index is 3.83. The normalized spacial score (nSPS) is 13.3. The van der Waals surface area contributed by atoms with Crippen molar-refractivity contribution in [2.45, 2.75) is 27.7 Å². The maximum absolute atomic E-state index is 3.83. The molecule has 0 unspecified atom stereocenters. The number of allylic oxidation sites excluding steroid dienone is 1. The maximum Gasteiger partial charge on any atom is -0.0143 e. The highest BCUT2D eigenvalue weighted by Crippen LogP contribution is 2.19. The third-order valence-corrected chi connectivity index (χ3v) is 3.65. The average molecular weight is 236 g/mol. The van der Waals surface area contributed by atoms with E-state index in [4.69, 9.17) is 0 Å². The molecule has 0 saturated carbocycles. The lowest BCUT2D eigenvalue weighted by molar-refractivity contribution is 1.34. The van der Waals surface area contributed by atoms with Crippen molar-refractivity contribution in [3.05, 3.63) is 58.0 Å². The van der Waals surface area contributed by atoms with Crippen molar-refractivity contribution in [2.24, 2.45) is 0 Å². The smallest absolute Gasteiger partial charge is 0.0143 e. The molecule has 0 atom stereocenters. The molecule has 92 valence electrons. The summed E-state index contributed by atoms with van der Waals surface area (Å²) >= 11 is 0. The van der Waals surface area contributed by atoms with Crippen molar-refractivity contribution in [1.29, 1.82) is 0 Å². The average Bonchev–Trinajstić information content (AvgIpc) is 2.36. The minimum Gasteiger partial charge on any atom is -0.0990 e. The highest BCUT2D eigenvalue weighted by atomic mass is 14.1. The molecule has 0 radical (unpaired) electrons. The van der Waals surface area contributed by atoms with Gasteiger partial charge in [-0.25, -0.2) is 0 Å². The topological polar surface area (TPSA) is 0 Å². The molecular formula is C18H20. The molecular weight excluding hydrogens is 216 g/mol. The second-order valence-corrected chi connectivity index (χ2v) is 4.82. The fraction of sp³-hybridized carbons (Fsp3) is 0.222. The van der Waals surface area contributed by atoms with Gasteiger partial charge in [-0.15, -0.1) is 0 Å². The summed E-state index contributed by atoms with van der Waals surface area (Å²) in [5.74, 6) is 0. The lowest BCUT2D eigenvalue weighted by Crippen LogP contribution is -2.30. The minimum absolute atomic E-state index is 1.29. The largest absolute Gasteiger partial charge is 0.0990 e. The van der Waals surface area contributed by atoms with Crippen LogP contribution < -0.4 is 10.4 Å². The van der Waals surface area contributed by atoms with Gasteiger partial charge in [-0.1, -0.05) is 48.6 Å². The van der Waals surface area contributed by atoms with Crippen LogP contribution in [0.25, 0.3) is 22.9 Å². The summed E-state index contributed by atoms with van der Waals surface area (Å²) in [6.45, 7) is 12.5. The quantitative estimate of drug-likeness (QED) is 0.710. The third kappa shape index (κ3) is 1.88. The zero-order chi connectivity index (χ0) is 13.3. The van der Waals surface area contributed by atoms with E-state index < -0.39 is 0 Å². The first-order valence-electron chi connectivity index (χ1n) is 6.38. The molecule has 0 fully saturated rings. The molecule has 0 saturated heterocycles. The van der Waals surface area contributed by atoms with E-state index >= 15 is 0 Å². The highest BCUT2D eigenvalue weighted by molar-refractivity contribution is 5.89. The Morgan fingerprint density at radius 1 is 0.944 bits per heavy atom. The van der Waals surface area contributed by atoms with Crippen molar-refractivity contribution in [2.75, 3.05) is 0 Å². The van der Waals surface area contributed by atoms with Gasteiger partial charge in [0, 0.05) is 0 Å². The van der Waals surface area contributed by atoms with E-state index in [2.05, 4.69) is 64.6 Å². The van der Waals surface area contributed by atoms with Crippen LogP contribution in [-0.4, -0.2) is 0 Å². The van der Waals surface area contributed by atoms with Crippen LogP contribution >= 0.6 is 0 Å². The number of hydrogen-bond donors (Lipinski definition) is 0. The molecule has 0 amide bonds. The number of aryl methyl sites for hydroxylation is 3. The predicted octanol–water partition coefficient (Wildman–Crippen LogP) is 3.53. The van der Waals surface area contributed by atoms with Gasteiger partial charge < -0.3 is 0 Å². The Hall–Kier alpha value is -1.82. The Bertz CT molecular complexity index is 731. The minimum atomic E-state index is 1.29. The number of benzene rings is 2. The van der Waals surface area contributed by atoms with Crippen molar-refractivity contribution in [3.8, 4) is 0 Å². The van der Waals surface area contributed by atoms with Crippen LogP contribution in [-0.2, 0) is 0 Å². The molecule has 0 aromatic heterocycles. The fourth-order valence-electron chi connectivity index (χ4n) is 2.69. The van der Waals surface area contributed by atoms with Gasteiger partial charge in [0.1, 0.15) is 0 Å². The van der Waals surface area contributed by atoms with Crippen LogP contribution in [0.1, 0.15) is 23.6 Å². The second kappa shape index (κ2) is 4.81. The molecule has 0 spiro atoms. The van der Waals surface area contributed by atoms with E-state index in [1.807, 2.05) is 6.08 Å². The summed E-state index contributed by atoms with van der Waals surface area (Å²) in [5, 5.41) is 5.32. The molecule has 18 heavy (non-hydrogen) atoms. The van der Waals surface area contributed by atoms with Crippen LogP contribution in [0.3, 0.4) is 0 Å². The van der Waals surface area contributed by atoms with Gasteiger partial charge in [0.2, 0.25) is 0 Å². The molecule has 2 aromatic rings. The highest BCUT2D eigenvalue weighted by Gasteiger charge is 2.05. The monoisotopic (exact) mass is 236 g/mol. The second-order valence-electron chi connectivity index (χ2n) is 4.82. The Kier molecular flexibility index (Phi) is 3.38. The van der Waals surface area contributed by atoms with Crippen LogP contribution in [0.15, 0.2) is 30.9 Å². The molecule has 0 heterocycles. The van der Waals surface area contributed by atoms with Crippen molar-refractivity contribution >= 4 is 22.9 Å². The summed E-state index contributed by atoms with van der Waals surface area (Å²) in [5.41, 5.74) is 4.00. The van der Waals surface area contributed by atoms with Crippen molar-refractivity contribution < 1.29 is 0 Å². The molecule has 0 N–H and O–H groups in total. The van der Waals surface area contributed by atoms with Crippen LogP contribution in [0.4, 0.5) is 0 Å². The number of hydrogen-bond acceptors (Lipinski definition) is 0. The van der Waals surface area contributed by atoms with Crippen molar-refractivity contribution in [1.82, 2.24) is 0 Å². The first kappa shape index (κ1) is 12.6. The molecule has 0 heteroatoms. The Morgan fingerprint density at radius 3 is 2.22 bits per heavy atom. The van der Waals surface area contributed by atoms with E-state index in [0.717, 1.165) is 0 Å². The summed E-state index contributed by atoms with van der Waals surface area (Å²) in [6, 6.07) is 6.69. The Morgan fingerprint density at radius 2 is 1.61 bits per heavy atom. The SMILES string of the molecule is C=C/C=c1/c(C)c2cc(C)ccc2c(C)/c1=C/C. The Balaban J connectivity index is 3.16. The molecule has 0 bridgehead atoms. The first-order chi connectivity index (χ1) is 8.60. The molecule has 0 aliphatic carbocycles. The van der Waals surface area contributed by atoms with Gasteiger partial charge in [-0.05, 0) is 60.0 Å². The van der Waals surface area contributed by atoms with E-state index in [1.54, 1.807) is 0 Å². The van der Waals surface area contributed by atoms with E-state index in [0.29, 0.717) is 0 Å². The zero-order valence-corrected chi connectivity index (χ0v) is 11.7.